The molecule has 2 aromatic rings. The van der Waals surface area contributed by atoms with E-state index < -0.39 is 12.9 Å². The van der Waals surface area contributed by atoms with Gasteiger partial charge in [0.1, 0.15) is 12.4 Å². The minimum atomic E-state index is -1.68. The third-order valence-electron chi connectivity index (χ3n) is 2.56. The van der Waals surface area contributed by atoms with Crippen LogP contribution in [0.2, 0.25) is 0 Å². The Bertz CT molecular complexity index is 574. The van der Waals surface area contributed by atoms with Gasteiger partial charge in [-0.1, -0.05) is 18.2 Å². The summed E-state index contributed by atoms with van der Waals surface area (Å²) >= 11 is 0. The molecule has 0 aliphatic heterocycles. The van der Waals surface area contributed by atoms with Crippen molar-refractivity contribution in [1.82, 2.24) is 0 Å². The summed E-state index contributed by atoms with van der Waals surface area (Å²) in [5.41, 5.74) is 0.821. The molecule has 6 heteroatoms. The van der Waals surface area contributed by atoms with Crippen molar-refractivity contribution < 1.29 is 24.3 Å². The number of benzene rings is 2. The minimum Gasteiger partial charge on any atom is -0.508 e. The molecule has 0 bridgehead atoms. The predicted molar refractivity (Wildman–Crippen MR) is 68.7 cm³/mol. The lowest BCUT2D eigenvalue weighted by molar-refractivity contribution is 0.290. The first kappa shape index (κ1) is 13.4. The van der Waals surface area contributed by atoms with Gasteiger partial charge in [-0.05, 0) is 35.3 Å². The van der Waals surface area contributed by atoms with E-state index in [9.17, 15) is 9.50 Å². The first-order valence-electron chi connectivity index (χ1n) is 5.62. The summed E-state index contributed by atoms with van der Waals surface area (Å²) < 4.78 is 18.7. The average Bonchev–Trinajstić information content (AvgIpc) is 2.37. The van der Waals surface area contributed by atoms with E-state index in [2.05, 4.69) is 0 Å². The molecule has 2 rings (SSSR count). The van der Waals surface area contributed by atoms with Crippen LogP contribution in [0.15, 0.2) is 42.5 Å². The van der Waals surface area contributed by atoms with Gasteiger partial charge < -0.3 is 19.9 Å². The van der Waals surface area contributed by atoms with Crippen LogP contribution in [0.4, 0.5) is 4.39 Å². The minimum absolute atomic E-state index is 0.0658. The van der Waals surface area contributed by atoms with Gasteiger partial charge in [0, 0.05) is 0 Å². The van der Waals surface area contributed by atoms with Gasteiger partial charge in [-0.3, -0.25) is 0 Å². The van der Waals surface area contributed by atoms with Gasteiger partial charge in [-0.25, -0.2) is 4.39 Å². The highest BCUT2D eigenvalue weighted by atomic mass is 19.1. The van der Waals surface area contributed by atoms with Crippen LogP contribution in [0.1, 0.15) is 5.56 Å². The fraction of sp³-hybridized carbons (Fsp3) is 0.0769. The van der Waals surface area contributed by atoms with Crippen molar-refractivity contribution in [3.05, 3.63) is 53.8 Å². The first-order valence-corrected chi connectivity index (χ1v) is 5.62. The Kier molecular flexibility index (Phi) is 4.04. The number of phenolic OH excluding ortho intramolecular Hbond substituents is 1. The molecule has 2 aromatic carbocycles. The monoisotopic (exact) mass is 262 g/mol. The summed E-state index contributed by atoms with van der Waals surface area (Å²) in [5, 5.41) is 27.3. The molecule has 0 spiro atoms. The molecule has 0 amide bonds. The van der Waals surface area contributed by atoms with Crippen molar-refractivity contribution in [1.29, 1.82) is 0 Å². The lowest BCUT2D eigenvalue weighted by Gasteiger charge is -2.09. The number of ether oxygens (including phenoxy) is 1. The van der Waals surface area contributed by atoms with Gasteiger partial charge >= 0.3 is 7.12 Å². The van der Waals surface area contributed by atoms with Crippen LogP contribution in [0.3, 0.4) is 0 Å². The zero-order valence-corrected chi connectivity index (χ0v) is 9.95. The molecule has 0 fully saturated rings. The number of halogens is 1. The normalized spacial score (nSPS) is 10.3. The summed E-state index contributed by atoms with van der Waals surface area (Å²) in [6.07, 6.45) is 0. The number of hydrogen-bond acceptors (Lipinski definition) is 4. The van der Waals surface area contributed by atoms with E-state index >= 15 is 0 Å². The molecular formula is C13H12BFO4. The van der Waals surface area contributed by atoms with Crippen molar-refractivity contribution in [2.45, 2.75) is 6.61 Å². The molecule has 0 radical (unpaired) electrons. The van der Waals surface area contributed by atoms with Gasteiger partial charge in [0.2, 0.25) is 0 Å². The van der Waals surface area contributed by atoms with Gasteiger partial charge in [-0.15, -0.1) is 0 Å². The maximum Gasteiger partial charge on any atom is 0.488 e. The highest BCUT2D eigenvalue weighted by Gasteiger charge is 2.14. The van der Waals surface area contributed by atoms with E-state index in [1.165, 1.54) is 24.3 Å². The zero-order chi connectivity index (χ0) is 13.8. The smallest absolute Gasteiger partial charge is 0.488 e. The number of hydrogen-bond donors (Lipinski definition) is 3. The van der Waals surface area contributed by atoms with Gasteiger partial charge in [0.25, 0.3) is 0 Å². The summed E-state index contributed by atoms with van der Waals surface area (Å²) in [6, 6.07) is 9.99. The molecule has 0 aliphatic carbocycles. The summed E-state index contributed by atoms with van der Waals surface area (Å²) in [7, 11) is -1.68. The molecule has 4 nitrogen and oxygen atoms in total. The average molecular weight is 262 g/mol. The van der Waals surface area contributed by atoms with Crippen LogP contribution in [0.5, 0.6) is 11.5 Å². The second-order valence-corrected chi connectivity index (χ2v) is 4.02. The Morgan fingerprint density at radius 1 is 1.11 bits per heavy atom. The Labute approximate surface area is 109 Å². The van der Waals surface area contributed by atoms with E-state index in [4.69, 9.17) is 14.8 Å². The molecule has 98 valence electrons. The Hall–Kier alpha value is -2.05. The van der Waals surface area contributed by atoms with Crippen molar-refractivity contribution >= 4 is 12.6 Å². The third kappa shape index (κ3) is 3.46. The molecule has 0 heterocycles. The van der Waals surface area contributed by atoms with Crippen LogP contribution >= 0.6 is 0 Å². The van der Waals surface area contributed by atoms with Crippen LogP contribution in [0, 0.1) is 5.82 Å². The largest absolute Gasteiger partial charge is 0.508 e. The molecule has 0 saturated carbocycles. The molecule has 0 saturated heterocycles. The maximum atomic E-state index is 13.5. The molecule has 3 N–H and O–H groups in total. The van der Waals surface area contributed by atoms with Crippen LogP contribution in [-0.4, -0.2) is 22.3 Å². The summed E-state index contributed by atoms with van der Waals surface area (Å²) in [4.78, 5) is 0. The first-order chi connectivity index (χ1) is 9.06. The SMILES string of the molecule is OB(O)c1ccc(F)c(OCc2cccc(O)c2)c1. The fourth-order valence-electron chi connectivity index (χ4n) is 1.60. The van der Waals surface area contributed by atoms with Gasteiger partial charge in [0.15, 0.2) is 11.6 Å². The van der Waals surface area contributed by atoms with Crippen LogP contribution < -0.4 is 10.2 Å². The summed E-state index contributed by atoms with van der Waals surface area (Å²) in [6.45, 7) is 0.0658. The second-order valence-electron chi connectivity index (χ2n) is 4.02. The van der Waals surface area contributed by atoms with Crippen LogP contribution in [-0.2, 0) is 6.61 Å². The second kappa shape index (κ2) is 5.73. The Morgan fingerprint density at radius 3 is 2.58 bits per heavy atom. The Balaban J connectivity index is 2.12. The molecule has 19 heavy (non-hydrogen) atoms. The molecule has 0 aliphatic rings. The third-order valence-corrected chi connectivity index (χ3v) is 2.56. The lowest BCUT2D eigenvalue weighted by Crippen LogP contribution is -2.29. The number of aromatic hydroxyl groups is 1. The van der Waals surface area contributed by atoms with Crippen molar-refractivity contribution in [2.75, 3.05) is 0 Å². The lowest BCUT2D eigenvalue weighted by atomic mass is 9.80. The van der Waals surface area contributed by atoms with E-state index in [0.29, 0.717) is 5.56 Å². The fourth-order valence-corrected chi connectivity index (χ4v) is 1.60. The molecular weight excluding hydrogens is 250 g/mol. The van der Waals surface area contributed by atoms with Crippen LogP contribution in [0.25, 0.3) is 0 Å². The quantitative estimate of drug-likeness (QED) is 0.712. The summed E-state index contributed by atoms with van der Waals surface area (Å²) in [5.74, 6) is -0.570. The van der Waals surface area contributed by atoms with Gasteiger partial charge in [0.05, 0.1) is 0 Å². The molecule has 0 unspecified atom stereocenters. The van der Waals surface area contributed by atoms with E-state index in [0.717, 1.165) is 6.07 Å². The van der Waals surface area contributed by atoms with Crippen molar-refractivity contribution in [3.8, 4) is 11.5 Å². The van der Waals surface area contributed by atoms with Gasteiger partial charge in [-0.2, -0.15) is 0 Å². The number of rotatable bonds is 4. The molecule has 0 atom stereocenters. The topological polar surface area (TPSA) is 69.9 Å². The predicted octanol–water partition coefficient (Wildman–Crippen LogP) is 0.790. The van der Waals surface area contributed by atoms with Crippen molar-refractivity contribution in [2.24, 2.45) is 0 Å². The number of phenols is 1. The maximum absolute atomic E-state index is 13.5. The standard InChI is InChI=1S/C13H12BFO4/c15-12-5-4-10(14(17)18)7-13(12)19-8-9-2-1-3-11(16)6-9/h1-7,16-18H,8H2. The Morgan fingerprint density at radius 2 is 1.89 bits per heavy atom. The highest BCUT2D eigenvalue weighted by molar-refractivity contribution is 6.58. The van der Waals surface area contributed by atoms with E-state index in [1.807, 2.05) is 0 Å². The highest BCUT2D eigenvalue weighted by Crippen LogP contribution is 2.18. The zero-order valence-electron chi connectivity index (χ0n) is 9.95. The van der Waals surface area contributed by atoms with E-state index in [1.54, 1.807) is 12.1 Å². The van der Waals surface area contributed by atoms with E-state index in [-0.39, 0.29) is 23.6 Å². The van der Waals surface area contributed by atoms with Crippen molar-refractivity contribution in [3.63, 3.8) is 0 Å². The molecule has 0 aromatic heterocycles.